The predicted molar refractivity (Wildman–Crippen MR) is 66.5 cm³/mol. The minimum absolute atomic E-state index is 0.0155. The van der Waals surface area contributed by atoms with Crippen molar-refractivity contribution in [1.82, 2.24) is 0 Å². The number of halogens is 1. The minimum atomic E-state index is -0.457. The van der Waals surface area contributed by atoms with E-state index in [4.69, 9.17) is 16.3 Å². The molecule has 0 aliphatic carbocycles. The maximum atomic E-state index is 11.1. The van der Waals surface area contributed by atoms with Crippen LogP contribution in [0.4, 0.5) is 0 Å². The van der Waals surface area contributed by atoms with Crippen molar-refractivity contribution in [2.24, 2.45) is 0 Å². The molecule has 88 valence electrons. The molecule has 1 rings (SSSR count). The lowest BCUT2D eigenvalue weighted by molar-refractivity contribution is 0.108. The zero-order valence-corrected chi connectivity index (χ0v) is 10.9. The minimum Gasteiger partial charge on any atom is -0.494 e. The summed E-state index contributed by atoms with van der Waals surface area (Å²) in [6, 6.07) is 5.35. The molecule has 0 aromatic heterocycles. The van der Waals surface area contributed by atoms with E-state index in [2.05, 4.69) is 20.8 Å². The highest BCUT2D eigenvalue weighted by Gasteiger charge is 2.20. The van der Waals surface area contributed by atoms with Crippen LogP contribution < -0.4 is 4.74 Å². The van der Waals surface area contributed by atoms with Gasteiger partial charge in [0.2, 0.25) is 0 Å². The third-order valence-electron chi connectivity index (χ3n) is 2.32. The molecular weight excluding hydrogens is 224 g/mol. The molecule has 0 radical (unpaired) electrons. The summed E-state index contributed by atoms with van der Waals surface area (Å²) in [6.45, 7) is 8.80. The van der Waals surface area contributed by atoms with Crippen LogP contribution in [0.2, 0.25) is 0 Å². The van der Waals surface area contributed by atoms with Gasteiger partial charge in [-0.15, -0.1) is 0 Å². The third-order valence-corrected chi connectivity index (χ3v) is 2.53. The molecule has 0 N–H and O–H groups in total. The maximum absolute atomic E-state index is 11.1. The van der Waals surface area contributed by atoms with Crippen molar-refractivity contribution in [1.29, 1.82) is 0 Å². The van der Waals surface area contributed by atoms with Crippen LogP contribution in [0.25, 0.3) is 0 Å². The topological polar surface area (TPSA) is 26.3 Å². The first kappa shape index (κ1) is 13.0. The van der Waals surface area contributed by atoms with Crippen LogP contribution in [-0.4, -0.2) is 11.8 Å². The standard InChI is InChI=1S/C13H17ClO2/c1-5-16-11-8-9(12(14)15)6-7-10(11)13(2,3)4/h6-8H,5H2,1-4H3. The zero-order valence-electron chi connectivity index (χ0n) is 10.1. The van der Waals surface area contributed by atoms with Gasteiger partial charge in [-0.25, -0.2) is 0 Å². The maximum Gasteiger partial charge on any atom is 0.252 e. The fourth-order valence-electron chi connectivity index (χ4n) is 1.54. The summed E-state index contributed by atoms with van der Waals surface area (Å²) in [5.41, 5.74) is 1.53. The summed E-state index contributed by atoms with van der Waals surface area (Å²) < 4.78 is 5.54. The van der Waals surface area contributed by atoms with Gasteiger partial charge in [-0.2, -0.15) is 0 Å². The molecule has 16 heavy (non-hydrogen) atoms. The number of carbonyl (C=O) groups excluding carboxylic acids is 1. The Morgan fingerprint density at radius 3 is 2.44 bits per heavy atom. The number of rotatable bonds is 3. The van der Waals surface area contributed by atoms with Gasteiger partial charge in [0.15, 0.2) is 0 Å². The van der Waals surface area contributed by atoms with Gasteiger partial charge >= 0.3 is 0 Å². The Bertz CT molecular complexity index is 391. The van der Waals surface area contributed by atoms with Crippen molar-refractivity contribution in [3.63, 3.8) is 0 Å². The molecule has 0 unspecified atom stereocenters. The highest BCUT2D eigenvalue weighted by molar-refractivity contribution is 6.67. The van der Waals surface area contributed by atoms with Crippen LogP contribution >= 0.6 is 11.6 Å². The van der Waals surface area contributed by atoms with Crippen LogP contribution in [0.3, 0.4) is 0 Å². The second kappa shape index (κ2) is 4.88. The monoisotopic (exact) mass is 240 g/mol. The van der Waals surface area contributed by atoms with Crippen molar-refractivity contribution in [2.45, 2.75) is 33.1 Å². The second-order valence-corrected chi connectivity index (χ2v) is 5.01. The Morgan fingerprint density at radius 2 is 2.00 bits per heavy atom. The zero-order chi connectivity index (χ0) is 12.3. The van der Waals surface area contributed by atoms with E-state index in [0.29, 0.717) is 12.2 Å². The molecule has 0 saturated carbocycles. The van der Waals surface area contributed by atoms with E-state index in [-0.39, 0.29) is 5.41 Å². The highest BCUT2D eigenvalue weighted by Crippen LogP contribution is 2.32. The lowest BCUT2D eigenvalue weighted by Gasteiger charge is -2.22. The van der Waals surface area contributed by atoms with Gasteiger partial charge < -0.3 is 4.74 Å². The normalized spacial score (nSPS) is 11.3. The smallest absolute Gasteiger partial charge is 0.252 e. The molecule has 3 heteroatoms. The molecule has 0 heterocycles. The Morgan fingerprint density at radius 1 is 1.38 bits per heavy atom. The molecule has 0 amide bonds. The van der Waals surface area contributed by atoms with Crippen LogP contribution in [0.5, 0.6) is 5.75 Å². The molecule has 2 nitrogen and oxygen atoms in total. The third kappa shape index (κ3) is 2.99. The van der Waals surface area contributed by atoms with E-state index in [0.717, 1.165) is 11.3 Å². The quantitative estimate of drug-likeness (QED) is 0.752. The van der Waals surface area contributed by atoms with Crippen molar-refractivity contribution < 1.29 is 9.53 Å². The molecule has 0 spiro atoms. The van der Waals surface area contributed by atoms with Gasteiger partial charge in [0.25, 0.3) is 5.24 Å². The van der Waals surface area contributed by atoms with Crippen LogP contribution in [0, 0.1) is 0 Å². The van der Waals surface area contributed by atoms with Crippen molar-refractivity contribution in [3.8, 4) is 5.75 Å². The number of hydrogen-bond donors (Lipinski definition) is 0. The fourth-order valence-corrected chi connectivity index (χ4v) is 1.66. The fraction of sp³-hybridized carbons (Fsp3) is 0.462. The van der Waals surface area contributed by atoms with E-state index in [1.165, 1.54) is 0 Å². The summed E-state index contributed by atoms with van der Waals surface area (Å²) in [5, 5.41) is -0.457. The first-order valence-electron chi connectivity index (χ1n) is 5.33. The van der Waals surface area contributed by atoms with E-state index >= 15 is 0 Å². The SMILES string of the molecule is CCOc1cc(C(=O)Cl)ccc1C(C)(C)C. The lowest BCUT2D eigenvalue weighted by Crippen LogP contribution is -2.14. The number of hydrogen-bond acceptors (Lipinski definition) is 2. The van der Waals surface area contributed by atoms with Crippen LogP contribution in [-0.2, 0) is 5.41 Å². The van der Waals surface area contributed by atoms with Crippen molar-refractivity contribution >= 4 is 16.8 Å². The average Bonchev–Trinajstić information content (AvgIpc) is 2.16. The molecule has 0 atom stereocenters. The summed E-state index contributed by atoms with van der Waals surface area (Å²) in [7, 11) is 0. The van der Waals surface area contributed by atoms with E-state index in [9.17, 15) is 4.79 Å². The number of benzene rings is 1. The van der Waals surface area contributed by atoms with E-state index in [1.54, 1.807) is 12.1 Å². The molecule has 0 aliphatic heterocycles. The van der Waals surface area contributed by atoms with Gasteiger partial charge in [0.1, 0.15) is 5.75 Å². The predicted octanol–water partition coefficient (Wildman–Crippen LogP) is 3.76. The number of carbonyl (C=O) groups is 1. The molecule has 1 aromatic carbocycles. The van der Waals surface area contributed by atoms with E-state index in [1.807, 2.05) is 13.0 Å². The van der Waals surface area contributed by atoms with Gasteiger partial charge in [-0.1, -0.05) is 26.8 Å². The second-order valence-electron chi connectivity index (χ2n) is 4.67. The Balaban J connectivity index is 3.24. The molecular formula is C13H17ClO2. The van der Waals surface area contributed by atoms with Crippen molar-refractivity contribution in [2.75, 3.05) is 6.61 Å². The first-order chi connectivity index (χ1) is 7.36. The van der Waals surface area contributed by atoms with Crippen LogP contribution in [0.15, 0.2) is 18.2 Å². The molecule has 1 aromatic rings. The Kier molecular flexibility index (Phi) is 3.98. The molecule has 0 saturated heterocycles. The molecule has 0 fully saturated rings. The Labute approximate surface area is 102 Å². The summed E-state index contributed by atoms with van der Waals surface area (Å²) >= 11 is 5.45. The summed E-state index contributed by atoms with van der Waals surface area (Å²) in [4.78, 5) is 11.1. The molecule has 0 aliphatic rings. The van der Waals surface area contributed by atoms with Gasteiger partial charge in [0.05, 0.1) is 6.61 Å². The average molecular weight is 241 g/mol. The van der Waals surface area contributed by atoms with E-state index < -0.39 is 5.24 Å². The highest BCUT2D eigenvalue weighted by atomic mass is 35.5. The lowest BCUT2D eigenvalue weighted by atomic mass is 9.86. The van der Waals surface area contributed by atoms with Gasteiger partial charge in [0, 0.05) is 5.56 Å². The van der Waals surface area contributed by atoms with Crippen LogP contribution in [0.1, 0.15) is 43.6 Å². The molecule has 0 bridgehead atoms. The van der Waals surface area contributed by atoms with Gasteiger partial charge in [-0.05, 0) is 41.6 Å². The largest absolute Gasteiger partial charge is 0.494 e. The first-order valence-corrected chi connectivity index (χ1v) is 5.71. The number of ether oxygens (including phenoxy) is 1. The summed E-state index contributed by atoms with van der Waals surface area (Å²) in [5.74, 6) is 0.738. The Hall–Kier alpha value is -1.02. The van der Waals surface area contributed by atoms with Gasteiger partial charge in [-0.3, -0.25) is 4.79 Å². The summed E-state index contributed by atoms with van der Waals surface area (Å²) in [6.07, 6.45) is 0. The van der Waals surface area contributed by atoms with Crippen molar-refractivity contribution in [3.05, 3.63) is 29.3 Å².